The number of phenols is 1. The van der Waals surface area contributed by atoms with Gasteiger partial charge in [0.25, 0.3) is 0 Å². The number of hydrogen-bond donors (Lipinski definition) is 2. The smallest absolute Gasteiger partial charge is 0.149 e. The first kappa shape index (κ1) is 17.4. The molecule has 2 heterocycles. The van der Waals surface area contributed by atoms with Crippen LogP contribution in [0.1, 0.15) is 23.9 Å². The number of aromatic amines is 1. The van der Waals surface area contributed by atoms with E-state index in [-0.39, 0.29) is 23.4 Å². The van der Waals surface area contributed by atoms with Crippen LogP contribution in [0.5, 0.6) is 5.75 Å². The highest BCUT2D eigenvalue weighted by Crippen LogP contribution is 2.65. The molecule has 28 heavy (non-hydrogen) atoms. The van der Waals surface area contributed by atoms with Gasteiger partial charge >= 0.3 is 0 Å². The number of aryl methyl sites for hydroxylation is 1. The van der Waals surface area contributed by atoms with Gasteiger partial charge in [0.1, 0.15) is 22.9 Å². The van der Waals surface area contributed by atoms with Crippen LogP contribution in [0.4, 0.5) is 4.39 Å². The molecule has 2 aromatic carbocycles. The SMILES string of the molecule is Cc1nc2c(O)c(C34N=C(Cc5ccc(F)cc5)C=CC3C4C)cc(Cl)c2[nH]1. The summed E-state index contributed by atoms with van der Waals surface area (Å²) in [6.45, 7) is 3.96. The number of hydrogen-bond acceptors (Lipinski definition) is 3. The molecular formula is C22H19ClFN3O. The molecule has 0 radical (unpaired) electrons. The van der Waals surface area contributed by atoms with Crippen LogP contribution in [0.2, 0.25) is 5.02 Å². The first-order valence-electron chi connectivity index (χ1n) is 9.30. The third-order valence-corrected chi connectivity index (χ3v) is 6.30. The van der Waals surface area contributed by atoms with Crippen molar-refractivity contribution in [3.8, 4) is 5.75 Å². The van der Waals surface area contributed by atoms with Crippen LogP contribution in [0.15, 0.2) is 47.5 Å². The molecule has 3 unspecified atom stereocenters. The molecule has 6 heteroatoms. The van der Waals surface area contributed by atoms with Crippen LogP contribution in [0, 0.1) is 24.6 Å². The Morgan fingerprint density at radius 2 is 2.04 bits per heavy atom. The summed E-state index contributed by atoms with van der Waals surface area (Å²) >= 11 is 6.49. The summed E-state index contributed by atoms with van der Waals surface area (Å²) in [6, 6.07) is 8.27. The number of fused-ring (bicyclic) bond motifs is 2. The fourth-order valence-electron chi connectivity index (χ4n) is 4.49. The maximum atomic E-state index is 13.2. The van der Waals surface area contributed by atoms with Gasteiger partial charge in [0.05, 0.1) is 16.1 Å². The van der Waals surface area contributed by atoms with Crippen LogP contribution in [-0.2, 0) is 12.0 Å². The number of benzene rings is 2. The summed E-state index contributed by atoms with van der Waals surface area (Å²) in [5.41, 5.74) is 3.21. The molecule has 1 aliphatic heterocycles. The third kappa shape index (κ3) is 2.42. The van der Waals surface area contributed by atoms with E-state index in [4.69, 9.17) is 16.6 Å². The maximum Gasteiger partial charge on any atom is 0.149 e. The number of nitrogens with one attached hydrogen (secondary N) is 1. The molecule has 1 aliphatic carbocycles. The van der Waals surface area contributed by atoms with Gasteiger partial charge in [0, 0.05) is 23.6 Å². The molecule has 1 saturated carbocycles. The predicted octanol–water partition coefficient (Wildman–Crippen LogP) is 5.08. The second-order valence-corrected chi connectivity index (χ2v) is 8.11. The van der Waals surface area contributed by atoms with Crippen molar-refractivity contribution in [2.75, 3.05) is 0 Å². The third-order valence-electron chi connectivity index (χ3n) is 6.00. The van der Waals surface area contributed by atoms with Gasteiger partial charge in [-0.3, -0.25) is 4.99 Å². The van der Waals surface area contributed by atoms with Crippen molar-refractivity contribution < 1.29 is 9.50 Å². The second kappa shape index (κ2) is 5.92. The van der Waals surface area contributed by atoms with Crippen molar-refractivity contribution >= 4 is 28.3 Å². The highest BCUT2D eigenvalue weighted by Gasteiger charge is 2.64. The first-order valence-corrected chi connectivity index (χ1v) is 9.67. The van der Waals surface area contributed by atoms with Crippen molar-refractivity contribution in [1.29, 1.82) is 0 Å². The van der Waals surface area contributed by atoms with Gasteiger partial charge in [-0.2, -0.15) is 0 Å². The van der Waals surface area contributed by atoms with E-state index >= 15 is 0 Å². The standard InChI is InChI=1S/C22H19ClFN3O/c1-11-16-8-7-15(9-13-3-5-14(24)6-4-13)27-22(11,16)17-10-18(23)19-20(21(17)28)26-12(2)25-19/h3-8,10-11,16,28H,9H2,1-2H3,(H,25,26). The quantitative estimate of drug-likeness (QED) is 0.649. The number of aromatic nitrogens is 2. The molecule has 142 valence electrons. The largest absolute Gasteiger partial charge is 0.505 e. The van der Waals surface area contributed by atoms with Crippen molar-refractivity contribution in [2.24, 2.45) is 16.8 Å². The van der Waals surface area contributed by atoms with E-state index in [2.05, 4.69) is 23.0 Å². The van der Waals surface area contributed by atoms with Crippen molar-refractivity contribution in [1.82, 2.24) is 9.97 Å². The number of H-pyrrole nitrogens is 1. The van der Waals surface area contributed by atoms with E-state index in [0.29, 0.717) is 28.3 Å². The monoisotopic (exact) mass is 395 g/mol. The number of phenolic OH excluding ortho intramolecular Hbond substituents is 1. The van der Waals surface area contributed by atoms with E-state index in [1.165, 1.54) is 12.1 Å². The molecular weight excluding hydrogens is 377 g/mol. The first-order chi connectivity index (χ1) is 13.4. The summed E-state index contributed by atoms with van der Waals surface area (Å²) < 4.78 is 13.2. The number of halogens is 2. The maximum absolute atomic E-state index is 13.2. The van der Waals surface area contributed by atoms with Crippen molar-refractivity contribution in [2.45, 2.75) is 25.8 Å². The van der Waals surface area contributed by atoms with Gasteiger partial charge in [0.2, 0.25) is 0 Å². The Morgan fingerprint density at radius 3 is 2.79 bits per heavy atom. The number of aliphatic imine (C=N–C) groups is 1. The van der Waals surface area contributed by atoms with Crippen LogP contribution in [-0.4, -0.2) is 20.8 Å². The van der Waals surface area contributed by atoms with Crippen LogP contribution < -0.4 is 0 Å². The number of aromatic hydroxyl groups is 1. The van der Waals surface area contributed by atoms with Gasteiger partial charge in [-0.25, -0.2) is 9.37 Å². The molecule has 0 spiro atoms. The average molecular weight is 396 g/mol. The van der Waals surface area contributed by atoms with Gasteiger partial charge in [-0.1, -0.05) is 36.7 Å². The molecule has 1 fully saturated rings. The fourth-order valence-corrected chi connectivity index (χ4v) is 4.73. The predicted molar refractivity (Wildman–Crippen MR) is 109 cm³/mol. The second-order valence-electron chi connectivity index (χ2n) is 7.71. The topological polar surface area (TPSA) is 61.3 Å². The Bertz CT molecular complexity index is 1160. The molecule has 3 aromatic rings. The molecule has 4 nitrogen and oxygen atoms in total. The minimum absolute atomic E-state index is 0.137. The van der Waals surface area contributed by atoms with Crippen molar-refractivity contribution in [3.05, 3.63) is 70.3 Å². The number of nitrogens with zero attached hydrogens (tertiary/aromatic N) is 2. The van der Waals surface area contributed by atoms with Gasteiger partial charge in [-0.05, 0) is 42.7 Å². The van der Waals surface area contributed by atoms with E-state index in [0.717, 1.165) is 16.8 Å². The lowest BCUT2D eigenvalue weighted by Gasteiger charge is -2.20. The number of rotatable bonds is 3. The summed E-state index contributed by atoms with van der Waals surface area (Å²) in [7, 11) is 0. The van der Waals surface area contributed by atoms with Crippen LogP contribution in [0.3, 0.4) is 0 Å². The average Bonchev–Trinajstić information content (AvgIpc) is 3.04. The van der Waals surface area contributed by atoms with Gasteiger partial charge in [0.15, 0.2) is 0 Å². The lowest BCUT2D eigenvalue weighted by atomic mass is 9.96. The van der Waals surface area contributed by atoms with Crippen LogP contribution >= 0.6 is 11.6 Å². The molecule has 0 bridgehead atoms. The fraction of sp³-hybridized carbons (Fsp3) is 0.273. The Kier molecular flexibility index (Phi) is 3.68. The zero-order valence-corrected chi connectivity index (χ0v) is 16.3. The number of dihydropyridines is 1. The minimum atomic E-state index is -0.529. The van der Waals surface area contributed by atoms with Crippen LogP contribution in [0.25, 0.3) is 11.0 Å². The zero-order valence-electron chi connectivity index (χ0n) is 15.5. The Labute approximate surface area is 166 Å². The van der Waals surface area contributed by atoms with E-state index < -0.39 is 5.54 Å². The van der Waals surface area contributed by atoms with E-state index in [1.54, 1.807) is 12.1 Å². The van der Waals surface area contributed by atoms with E-state index in [9.17, 15) is 9.50 Å². The molecule has 5 rings (SSSR count). The Balaban J connectivity index is 1.60. The highest BCUT2D eigenvalue weighted by molar-refractivity contribution is 6.35. The molecule has 1 aromatic heterocycles. The van der Waals surface area contributed by atoms with E-state index in [1.807, 2.05) is 19.1 Å². The summed E-state index contributed by atoms with van der Waals surface area (Å²) in [5.74, 6) is 1.04. The summed E-state index contributed by atoms with van der Waals surface area (Å²) in [4.78, 5) is 12.6. The number of imidazole rings is 1. The Morgan fingerprint density at radius 1 is 1.29 bits per heavy atom. The summed E-state index contributed by atoms with van der Waals surface area (Å²) in [6.07, 6.45) is 4.80. The lowest BCUT2D eigenvalue weighted by Crippen LogP contribution is -2.16. The normalized spacial score (nSPS) is 25.6. The molecule has 2 N–H and O–H groups in total. The van der Waals surface area contributed by atoms with Crippen molar-refractivity contribution in [3.63, 3.8) is 0 Å². The molecule has 0 amide bonds. The lowest BCUT2D eigenvalue weighted by molar-refractivity contribution is 0.460. The van der Waals surface area contributed by atoms with Gasteiger partial charge in [-0.15, -0.1) is 0 Å². The summed E-state index contributed by atoms with van der Waals surface area (Å²) in [5, 5.41) is 11.5. The highest BCUT2D eigenvalue weighted by atomic mass is 35.5. The Hall–Kier alpha value is -2.66. The molecule has 0 saturated heterocycles. The minimum Gasteiger partial charge on any atom is -0.505 e. The number of allylic oxidation sites excluding steroid dienone is 1. The molecule has 2 aliphatic rings. The molecule has 3 atom stereocenters. The van der Waals surface area contributed by atoms with Gasteiger partial charge < -0.3 is 10.1 Å². The zero-order chi connectivity index (χ0) is 19.6.